The van der Waals surface area contributed by atoms with Crippen LogP contribution in [-0.4, -0.2) is 35.6 Å². The average Bonchev–Trinajstić information content (AvgIpc) is 3.33. The van der Waals surface area contributed by atoms with E-state index >= 15 is 0 Å². The van der Waals surface area contributed by atoms with E-state index in [4.69, 9.17) is 21.1 Å². The number of nitrogens with zero attached hydrogens (tertiary/aromatic N) is 5. The molecule has 1 atom stereocenters. The van der Waals surface area contributed by atoms with Crippen molar-refractivity contribution in [3.05, 3.63) is 92.4 Å². The zero-order valence-corrected chi connectivity index (χ0v) is 21.7. The average molecular weight is 531 g/mol. The van der Waals surface area contributed by atoms with E-state index in [0.717, 1.165) is 11.3 Å². The summed E-state index contributed by atoms with van der Waals surface area (Å²) in [7, 11) is 0. The Labute approximate surface area is 222 Å². The fourth-order valence-corrected chi connectivity index (χ4v) is 4.43. The highest BCUT2D eigenvalue weighted by molar-refractivity contribution is 6.29. The summed E-state index contributed by atoms with van der Waals surface area (Å²) in [5.41, 5.74) is 4.89. The molecule has 0 fully saturated rings. The highest BCUT2D eigenvalue weighted by Crippen LogP contribution is 2.28. The molecule has 0 aromatic carbocycles. The number of fused-ring (bicyclic) bond motifs is 1. The van der Waals surface area contributed by atoms with Crippen LogP contribution in [0.25, 0.3) is 28.4 Å². The molecule has 0 spiro atoms. The van der Waals surface area contributed by atoms with E-state index in [2.05, 4.69) is 20.4 Å². The number of carboxylic acid groups (broad SMARTS) is 1. The molecule has 0 saturated carbocycles. The number of hydrogen-bond donors (Lipinski definition) is 2. The topological polar surface area (TPSA) is 136 Å². The Bertz CT molecular complexity index is 1760. The lowest BCUT2D eigenvalue weighted by atomic mass is 10.0. The molecule has 0 saturated heterocycles. The minimum Gasteiger partial charge on any atom is -0.476 e. The van der Waals surface area contributed by atoms with Crippen molar-refractivity contribution in [2.24, 2.45) is 0 Å². The van der Waals surface area contributed by atoms with Crippen molar-refractivity contribution < 1.29 is 14.4 Å². The van der Waals surface area contributed by atoms with Crippen LogP contribution in [0.2, 0.25) is 5.15 Å². The van der Waals surface area contributed by atoms with Crippen molar-refractivity contribution in [1.29, 1.82) is 0 Å². The lowest BCUT2D eigenvalue weighted by Gasteiger charge is -2.20. The van der Waals surface area contributed by atoms with E-state index in [1.165, 1.54) is 10.5 Å². The van der Waals surface area contributed by atoms with Crippen molar-refractivity contribution >= 4 is 28.9 Å². The van der Waals surface area contributed by atoms with E-state index in [1.807, 2.05) is 32.9 Å². The van der Waals surface area contributed by atoms with Crippen LogP contribution >= 0.6 is 11.6 Å². The van der Waals surface area contributed by atoms with Crippen molar-refractivity contribution in [3.8, 4) is 22.7 Å². The summed E-state index contributed by atoms with van der Waals surface area (Å²) >= 11 is 5.90. The van der Waals surface area contributed by atoms with Crippen LogP contribution in [0.4, 0.5) is 5.69 Å². The quantitative estimate of drug-likeness (QED) is 0.282. The molecule has 0 bridgehead atoms. The molecular weight excluding hydrogens is 508 g/mol. The number of carboxylic acids is 1. The molecule has 2 N–H and O–H groups in total. The second kappa shape index (κ2) is 9.71. The second-order valence-corrected chi connectivity index (χ2v) is 9.41. The molecule has 0 amide bonds. The molecule has 5 aromatic heterocycles. The lowest BCUT2D eigenvalue weighted by Crippen LogP contribution is -2.22. The maximum Gasteiger partial charge on any atom is 0.356 e. The molecule has 5 heterocycles. The smallest absolute Gasteiger partial charge is 0.356 e. The largest absolute Gasteiger partial charge is 0.476 e. The number of aromatic carboxylic acids is 1. The van der Waals surface area contributed by atoms with Crippen LogP contribution in [0, 0.1) is 20.8 Å². The zero-order chi connectivity index (χ0) is 27.1. The number of rotatable bonds is 6. The summed E-state index contributed by atoms with van der Waals surface area (Å²) in [5.74, 6) is -0.660. The van der Waals surface area contributed by atoms with E-state index in [-0.39, 0.29) is 16.4 Å². The third-order valence-electron chi connectivity index (χ3n) is 6.13. The van der Waals surface area contributed by atoms with Gasteiger partial charge in [-0.15, -0.1) is 0 Å². The van der Waals surface area contributed by atoms with E-state index in [0.29, 0.717) is 45.2 Å². The van der Waals surface area contributed by atoms with Gasteiger partial charge in [0.05, 0.1) is 23.1 Å². The minimum atomic E-state index is -1.21. The van der Waals surface area contributed by atoms with Gasteiger partial charge in [-0.25, -0.2) is 14.8 Å². The van der Waals surface area contributed by atoms with Gasteiger partial charge in [0.15, 0.2) is 11.5 Å². The van der Waals surface area contributed by atoms with Gasteiger partial charge in [-0.2, -0.15) is 0 Å². The predicted octanol–water partition coefficient (Wildman–Crippen LogP) is 5.26. The maximum atomic E-state index is 13.4. The van der Waals surface area contributed by atoms with Crippen LogP contribution < -0.4 is 10.9 Å². The highest BCUT2D eigenvalue weighted by Gasteiger charge is 2.20. The summed E-state index contributed by atoms with van der Waals surface area (Å²) in [4.78, 5) is 38.4. The van der Waals surface area contributed by atoms with E-state index in [9.17, 15) is 14.7 Å². The number of halogens is 1. The zero-order valence-electron chi connectivity index (χ0n) is 21.0. The SMILES string of the molecule is Cc1cc([C@@H](C)Nc2ccc(Cl)nc2C(=O)O)c2nc(-c3ccc(-c4cc(C)no4)nc3)c(C)c(=O)n2c1. The van der Waals surface area contributed by atoms with Gasteiger partial charge in [-0.1, -0.05) is 16.8 Å². The van der Waals surface area contributed by atoms with Crippen molar-refractivity contribution in [1.82, 2.24) is 24.5 Å². The van der Waals surface area contributed by atoms with Crippen molar-refractivity contribution in [3.63, 3.8) is 0 Å². The monoisotopic (exact) mass is 530 g/mol. The van der Waals surface area contributed by atoms with Gasteiger partial charge >= 0.3 is 5.97 Å². The minimum absolute atomic E-state index is 0.0769. The number of anilines is 1. The summed E-state index contributed by atoms with van der Waals surface area (Å²) in [6, 6.07) is 9.98. The fraction of sp³-hybridized carbons (Fsp3) is 0.185. The Balaban J connectivity index is 1.60. The number of pyridine rings is 3. The third-order valence-corrected chi connectivity index (χ3v) is 6.34. The third kappa shape index (κ3) is 4.61. The van der Waals surface area contributed by atoms with Gasteiger partial charge in [0.2, 0.25) is 0 Å². The van der Waals surface area contributed by atoms with Crippen molar-refractivity contribution in [2.45, 2.75) is 33.7 Å². The van der Waals surface area contributed by atoms with Crippen molar-refractivity contribution in [2.75, 3.05) is 5.32 Å². The van der Waals surface area contributed by atoms with E-state index < -0.39 is 12.0 Å². The standard InChI is InChI=1S/C27H23ClN6O4/c1-13-9-18(16(4)30-20-7-8-22(28)31-24(20)27(36)37)25-32-23(15(3)26(35)34(25)12-13)17-5-6-19(29-11-17)21-10-14(2)33-38-21/h5-12,16,30H,1-4H3,(H,36,37)/t16-/m1/s1. The lowest BCUT2D eigenvalue weighted by molar-refractivity contribution is 0.0691. The van der Waals surface area contributed by atoms with Gasteiger partial charge in [-0.3, -0.25) is 14.2 Å². The molecule has 0 aliphatic heterocycles. The number of nitrogens with one attached hydrogen (secondary N) is 1. The molecule has 0 radical (unpaired) electrons. The molecule has 0 unspecified atom stereocenters. The first-order chi connectivity index (χ1) is 18.1. The number of hydrogen-bond acceptors (Lipinski definition) is 8. The van der Waals surface area contributed by atoms with E-state index in [1.54, 1.807) is 37.5 Å². The van der Waals surface area contributed by atoms with Crippen LogP contribution in [-0.2, 0) is 0 Å². The number of aryl methyl sites for hydroxylation is 2. The fourth-order valence-electron chi connectivity index (χ4n) is 4.29. The molecule has 10 nitrogen and oxygen atoms in total. The molecule has 5 aromatic rings. The normalized spacial score (nSPS) is 12.0. The number of aromatic nitrogens is 5. The number of carbonyl (C=O) groups is 1. The van der Waals surface area contributed by atoms with Crippen LogP contribution in [0.1, 0.15) is 45.8 Å². The Hall–Kier alpha value is -4.57. The Morgan fingerprint density at radius 1 is 1.13 bits per heavy atom. The summed E-state index contributed by atoms with van der Waals surface area (Å²) in [6.07, 6.45) is 3.38. The summed E-state index contributed by atoms with van der Waals surface area (Å²) in [5, 5.41) is 16.7. The first-order valence-corrected chi connectivity index (χ1v) is 12.1. The van der Waals surface area contributed by atoms with Crippen LogP contribution in [0.15, 0.2) is 58.1 Å². The van der Waals surface area contributed by atoms with Gasteiger partial charge in [-0.05, 0) is 63.6 Å². The molecule has 0 aliphatic rings. The van der Waals surface area contributed by atoms with Gasteiger partial charge in [0.25, 0.3) is 5.56 Å². The Kier molecular flexibility index (Phi) is 6.41. The van der Waals surface area contributed by atoms with Gasteiger partial charge in [0.1, 0.15) is 16.5 Å². The maximum absolute atomic E-state index is 13.4. The summed E-state index contributed by atoms with van der Waals surface area (Å²) < 4.78 is 6.80. The first-order valence-electron chi connectivity index (χ1n) is 11.7. The first kappa shape index (κ1) is 25.1. The van der Waals surface area contributed by atoms with Crippen LogP contribution in [0.3, 0.4) is 0 Å². The highest BCUT2D eigenvalue weighted by atomic mass is 35.5. The molecular formula is C27H23ClN6O4. The Morgan fingerprint density at radius 3 is 2.58 bits per heavy atom. The van der Waals surface area contributed by atoms with Crippen LogP contribution in [0.5, 0.6) is 0 Å². The predicted molar refractivity (Wildman–Crippen MR) is 143 cm³/mol. The van der Waals surface area contributed by atoms with Gasteiger partial charge in [0, 0.05) is 35.2 Å². The molecule has 11 heteroatoms. The molecule has 0 aliphatic carbocycles. The molecule has 38 heavy (non-hydrogen) atoms. The van der Waals surface area contributed by atoms with Gasteiger partial charge < -0.3 is 14.9 Å². The molecule has 5 rings (SSSR count). The summed E-state index contributed by atoms with van der Waals surface area (Å²) in [6.45, 7) is 7.30. The Morgan fingerprint density at radius 2 is 1.92 bits per heavy atom. The second-order valence-electron chi connectivity index (χ2n) is 9.02. The molecule has 192 valence electrons.